The van der Waals surface area contributed by atoms with Gasteiger partial charge in [-0.05, 0) is 18.2 Å². The molecule has 2 aromatic rings. The summed E-state index contributed by atoms with van der Waals surface area (Å²) in [6, 6.07) is 4.94. The molecular weight excluding hydrogens is 235 g/mol. The van der Waals surface area contributed by atoms with E-state index in [2.05, 4.69) is 5.10 Å². The minimum absolute atomic E-state index is 0.00910. The summed E-state index contributed by atoms with van der Waals surface area (Å²) in [5.74, 6) is -0.217. The van der Waals surface area contributed by atoms with E-state index in [1.165, 1.54) is 18.2 Å². The largest absolute Gasteiger partial charge is 0.507 e. The van der Waals surface area contributed by atoms with Gasteiger partial charge in [-0.3, -0.25) is 5.10 Å². The quantitative estimate of drug-likeness (QED) is 0.673. The Hall–Kier alpha value is -2.18. The SMILES string of the molecule is Nc1ccc(-c2cc(C(F)(F)F)[nH]n2)c(O)c1. The molecule has 1 aromatic carbocycles. The molecule has 4 N–H and O–H groups in total. The summed E-state index contributed by atoms with van der Waals surface area (Å²) in [7, 11) is 0. The van der Waals surface area contributed by atoms with Crippen molar-refractivity contribution in [2.45, 2.75) is 6.18 Å². The number of nitrogens with one attached hydrogen (secondary N) is 1. The number of anilines is 1. The number of H-pyrrole nitrogens is 1. The van der Waals surface area contributed by atoms with E-state index in [1.54, 1.807) is 0 Å². The lowest BCUT2D eigenvalue weighted by molar-refractivity contribution is -0.141. The molecule has 17 heavy (non-hydrogen) atoms. The second kappa shape index (κ2) is 3.69. The summed E-state index contributed by atoms with van der Waals surface area (Å²) in [5.41, 5.74) is 4.96. The average molecular weight is 243 g/mol. The van der Waals surface area contributed by atoms with Gasteiger partial charge in [-0.2, -0.15) is 18.3 Å². The molecule has 0 amide bonds. The predicted octanol–water partition coefficient (Wildman–Crippen LogP) is 2.38. The molecule has 0 aliphatic heterocycles. The van der Waals surface area contributed by atoms with Crippen LogP contribution in [0.3, 0.4) is 0 Å². The number of nitrogens with two attached hydrogens (primary N) is 1. The van der Waals surface area contributed by atoms with E-state index in [0.29, 0.717) is 5.69 Å². The predicted molar refractivity (Wildman–Crippen MR) is 55.1 cm³/mol. The normalized spacial score (nSPS) is 11.7. The molecule has 7 heteroatoms. The molecular formula is C10H8F3N3O. The number of phenolic OH excluding ortho intramolecular Hbond substituents is 1. The van der Waals surface area contributed by atoms with Crippen LogP contribution in [0.1, 0.15) is 5.69 Å². The van der Waals surface area contributed by atoms with Gasteiger partial charge in [-0.1, -0.05) is 0 Å². The van der Waals surface area contributed by atoms with Crippen molar-refractivity contribution >= 4 is 5.69 Å². The van der Waals surface area contributed by atoms with Crippen molar-refractivity contribution in [3.8, 4) is 17.0 Å². The maximum atomic E-state index is 12.3. The molecule has 0 aliphatic carbocycles. The van der Waals surface area contributed by atoms with E-state index in [1.807, 2.05) is 5.10 Å². The molecule has 0 saturated carbocycles. The van der Waals surface area contributed by atoms with E-state index < -0.39 is 11.9 Å². The van der Waals surface area contributed by atoms with E-state index >= 15 is 0 Å². The molecule has 0 radical (unpaired) electrons. The number of alkyl halides is 3. The van der Waals surface area contributed by atoms with Crippen molar-refractivity contribution in [2.24, 2.45) is 0 Å². The van der Waals surface area contributed by atoms with E-state index in [-0.39, 0.29) is 17.0 Å². The lowest BCUT2D eigenvalue weighted by atomic mass is 10.1. The first kappa shape index (κ1) is 11.3. The molecule has 0 bridgehead atoms. The number of phenols is 1. The van der Waals surface area contributed by atoms with E-state index in [0.717, 1.165) is 6.07 Å². The maximum Gasteiger partial charge on any atom is 0.432 e. The Morgan fingerprint density at radius 3 is 2.47 bits per heavy atom. The van der Waals surface area contributed by atoms with Crippen LogP contribution in [0, 0.1) is 0 Å². The number of benzene rings is 1. The summed E-state index contributed by atoms with van der Waals surface area (Å²) in [6.45, 7) is 0. The molecule has 0 fully saturated rings. The van der Waals surface area contributed by atoms with Crippen LogP contribution < -0.4 is 5.73 Å². The van der Waals surface area contributed by atoms with Crippen molar-refractivity contribution in [2.75, 3.05) is 5.73 Å². The van der Waals surface area contributed by atoms with Crippen LogP contribution >= 0.6 is 0 Å². The van der Waals surface area contributed by atoms with Crippen molar-refractivity contribution < 1.29 is 18.3 Å². The number of nitrogen functional groups attached to an aromatic ring is 1. The summed E-state index contributed by atoms with van der Waals surface area (Å²) in [5, 5.41) is 14.9. The highest BCUT2D eigenvalue weighted by atomic mass is 19.4. The fourth-order valence-electron chi connectivity index (χ4n) is 1.37. The van der Waals surface area contributed by atoms with Gasteiger partial charge in [0.2, 0.25) is 0 Å². The minimum Gasteiger partial charge on any atom is -0.507 e. The first-order valence-corrected chi connectivity index (χ1v) is 4.59. The van der Waals surface area contributed by atoms with Gasteiger partial charge in [0.1, 0.15) is 11.4 Å². The minimum atomic E-state index is -4.49. The highest BCUT2D eigenvalue weighted by molar-refractivity contribution is 5.69. The third-order valence-electron chi connectivity index (χ3n) is 2.18. The third-order valence-corrected chi connectivity index (χ3v) is 2.18. The van der Waals surface area contributed by atoms with Crippen LogP contribution in [0.25, 0.3) is 11.3 Å². The monoisotopic (exact) mass is 243 g/mol. The first-order chi connectivity index (χ1) is 7.88. The lowest BCUT2D eigenvalue weighted by Crippen LogP contribution is -2.04. The number of aromatic amines is 1. The Morgan fingerprint density at radius 2 is 1.94 bits per heavy atom. The van der Waals surface area contributed by atoms with Gasteiger partial charge in [-0.25, -0.2) is 0 Å². The Kier molecular flexibility index (Phi) is 2.45. The van der Waals surface area contributed by atoms with Crippen LogP contribution in [-0.2, 0) is 6.18 Å². The van der Waals surface area contributed by atoms with Crippen LogP contribution in [0.5, 0.6) is 5.75 Å². The smallest absolute Gasteiger partial charge is 0.432 e. The standard InChI is InChI=1S/C10H8F3N3O/c11-10(12,13)9-4-7(15-16-9)6-2-1-5(14)3-8(6)17/h1-4,17H,14H2,(H,15,16). The van der Waals surface area contributed by atoms with Crippen LogP contribution in [0.2, 0.25) is 0 Å². The molecule has 1 aromatic heterocycles. The van der Waals surface area contributed by atoms with E-state index in [9.17, 15) is 18.3 Å². The number of halogens is 3. The number of aromatic nitrogens is 2. The summed E-state index contributed by atoms with van der Waals surface area (Å²) in [6.07, 6.45) is -4.49. The Labute approximate surface area is 93.9 Å². The first-order valence-electron chi connectivity index (χ1n) is 4.59. The van der Waals surface area contributed by atoms with Crippen molar-refractivity contribution in [3.05, 3.63) is 30.0 Å². The van der Waals surface area contributed by atoms with Crippen molar-refractivity contribution in [1.29, 1.82) is 0 Å². The van der Waals surface area contributed by atoms with E-state index in [4.69, 9.17) is 5.73 Å². The molecule has 1 heterocycles. The molecule has 0 atom stereocenters. The molecule has 0 aliphatic rings. The van der Waals surface area contributed by atoms with Gasteiger partial charge in [0.25, 0.3) is 0 Å². The number of rotatable bonds is 1. The van der Waals surface area contributed by atoms with Crippen LogP contribution in [0.4, 0.5) is 18.9 Å². The number of hydrogen-bond donors (Lipinski definition) is 3. The Balaban J connectivity index is 2.44. The molecule has 0 unspecified atom stereocenters. The maximum absolute atomic E-state index is 12.3. The molecule has 2 rings (SSSR count). The van der Waals surface area contributed by atoms with Gasteiger partial charge in [0.05, 0.1) is 5.69 Å². The Morgan fingerprint density at radius 1 is 1.24 bits per heavy atom. The van der Waals surface area contributed by atoms with Gasteiger partial charge in [-0.15, -0.1) is 0 Å². The second-order valence-corrected chi connectivity index (χ2v) is 3.44. The zero-order valence-corrected chi connectivity index (χ0v) is 8.42. The van der Waals surface area contributed by atoms with Crippen LogP contribution in [-0.4, -0.2) is 15.3 Å². The lowest BCUT2D eigenvalue weighted by Gasteiger charge is -2.02. The number of aromatic hydroxyl groups is 1. The zero-order chi connectivity index (χ0) is 12.6. The molecule has 4 nitrogen and oxygen atoms in total. The van der Waals surface area contributed by atoms with Gasteiger partial charge < -0.3 is 10.8 Å². The van der Waals surface area contributed by atoms with Crippen LogP contribution in [0.15, 0.2) is 24.3 Å². The molecule has 0 saturated heterocycles. The highest BCUT2D eigenvalue weighted by Gasteiger charge is 2.33. The fourth-order valence-corrected chi connectivity index (χ4v) is 1.37. The number of nitrogens with zero attached hydrogens (tertiary/aromatic N) is 1. The van der Waals surface area contributed by atoms with Crippen molar-refractivity contribution in [1.82, 2.24) is 10.2 Å². The average Bonchev–Trinajstić information content (AvgIpc) is 2.65. The van der Waals surface area contributed by atoms with Gasteiger partial charge in [0.15, 0.2) is 0 Å². The Bertz CT molecular complexity index is 548. The second-order valence-electron chi connectivity index (χ2n) is 3.44. The fraction of sp³-hybridized carbons (Fsp3) is 0.100. The van der Waals surface area contributed by atoms with Gasteiger partial charge in [0, 0.05) is 17.3 Å². The summed E-state index contributed by atoms with van der Waals surface area (Å²) < 4.78 is 37.0. The van der Waals surface area contributed by atoms with Gasteiger partial charge >= 0.3 is 6.18 Å². The third kappa shape index (κ3) is 2.17. The zero-order valence-electron chi connectivity index (χ0n) is 8.42. The summed E-state index contributed by atoms with van der Waals surface area (Å²) in [4.78, 5) is 0. The highest BCUT2D eigenvalue weighted by Crippen LogP contribution is 2.33. The number of hydrogen-bond acceptors (Lipinski definition) is 3. The molecule has 90 valence electrons. The van der Waals surface area contributed by atoms with Crippen molar-refractivity contribution in [3.63, 3.8) is 0 Å². The molecule has 0 spiro atoms. The topological polar surface area (TPSA) is 74.9 Å². The summed E-state index contributed by atoms with van der Waals surface area (Å²) >= 11 is 0.